The van der Waals surface area contributed by atoms with E-state index in [0.717, 1.165) is 5.56 Å². The Morgan fingerprint density at radius 3 is 2.30 bits per heavy atom. The highest BCUT2D eigenvalue weighted by molar-refractivity contribution is 7.92. The summed E-state index contributed by atoms with van der Waals surface area (Å²) in [5, 5.41) is 3.34. The van der Waals surface area contributed by atoms with Crippen LogP contribution in [0.5, 0.6) is 0 Å². The van der Waals surface area contributed by atoms with Crippen LogP contribution in [0.2, 0.25) is 5.02 Å². The maximum atomic E-state index is 12.4. The lowest BCUT2D eigenvalue weighted by Gasteiger charge is -2.09. The predicted molar refractivity (Wildman–Crippen MR) is 105 cm³/mol. The molecule has 0 fully saturated rings. The highest BCUT2D eigenvalue weighted by Crippen LogP contribution is 2.17. The first-order valence-corrected chi connectivity index (χ1v) is 9.87. The number of nitrogens with zero attached hydrogens (tertiary/aromatic N) is 1. The smallest absolute Gasteiger partial charge is 0.263 e. The van der Waals surface area contributed by atoms with Crippen molar-refractivity contribution >= 4 is 39.0 Å². The number of hydrogen-bond donors (Lipinski definition) is 2. The summed E-state index contributed by atoms with van der Waals surface area (Å²) in [4.78, 5) is 16.1. The van der Waals surface area contributed by atoms with Gasteiger partial charge in [0, 0.05) is 16.9 Å². The molecular formula is C19H16ClN3O3S. The molecule has 0 unspecified atom stereocenters. The van der Waals surface area contributed by atoms with Crippen LogP contribution in [-0.2, 0) is 21.2 Å². The molecule has 0 aliphatic heterocycles. The van der Waals surface area contributed by atoms with Gasteiger partial charge in [-0.2, -0.15) is 0 Å². The van der Waals surface area contributed by atoms with Gasteiger partial charge >= 0.3 is 0 Å². The number of carbonyl (C=O) groups is 1. The van der Waals surface area contributed by atoms with Gasteiger partial charge in [-0.3, -0.25) is 9.52 Å². The average Bonchev–Trinajstić information content (AvgIpc) is 2.64. The fraction of sp³-hybridized carbons (Fsp3) is 0.0526. The molecule has 0 saturated heterocycles. The van der Waals surface area contributed by atoms with Crippen molar-refractivity contribution in [2.45, 2.75) is 11.3 Å². The third-order valence-corrected chi connectivity index (χ3v) is 5.25. The van der Waals surface area contributed by atoms with Crippen LogP contribution in [0.15, 0.2) is 77.8 Å². The average molecular weight is 402 g/mol. The molecule has 3 rings (SSSR count). The van der Waals surface area contributed by atoms with Crippen LogP contribution < -0.4 is 10.0 Å². The van der Waals surface area contributed by atoms with E-state index in [1.165, 1.54) is 30.5 Å². The van der Waals surface area contributed by atoms with E-state index in [1.54, 1.807) is 42.5 Å². The molecule has 27 heavy (non-hydrogen) atoms. The molecule has 0 saturated carbocycles. The van der Waals surface area contributed by atoms with Crippen LogP contribution in [0.4, 0.5) is 11.5 Å². The predicted octanol–water partition coefficient (Wildman–Crippen LogP) is 3.72. The molecule has 6 nitrogen and oxygen atoms in total. The van der Waals surface area contributed by atoms with Gasteiger partial charge in [0.05, 0.1) is 11.3 Å². The topological polar surface area (TPSA) is 88.2 Å². The van der Waals surface area contributed by atoms with Crippen molar-refractivity contribution in [1.82, 2.24) is 4.98 Å². The first kappa shape index (κ1) is 18.9. The summed E-state index contributed by atoms with van der Waals surface area (Å²) in [7, 11) is -3.75. The van der Waals surface area contributed by atoms with Crippen molar-refractivity contribution in [2.75, 3.05) is 10.0 Å². The molecule has 138 valence electrons. The number of rotatable bonds is 6. The Morgan fingerprint density at radius 1 is 0.963 bits per heavy atom. The summed E-state index contributed by atoms with van der Waals surface area (Å²) in [6, 6.07) is 17.8. The van der Waals surface area contributed by atoms with Crippen LogP contribution in [0.3, 0.4) is 0 Å². The number of sulfonamides is 1. The van der Waals surface area contributed by atoms with E-state index in [1.807, 2.05) is 0 Å². The third kappa shape index (κ3) is 5.29. The standard InChI is InChI=1S/C19H16ClN3O3S/c20-15-6-4-14(5-7-15)13-19(24)22-16-8-10-17(11-9-16)27(25,26)23-18-3-1-2-12-21-18/h1-12H,13H2,(H,21,23)(H,22,24). The lowest BCUT2D eigenvalue weighted by atomic mass is 10.1. The Labute approximate surface area is 162 Å². The molecule has 2 aromatic carbocycles. The molecule has 0 aliphatic carbocycles. The number of carbonyl (C=O) groups excluding carboxylic acids is 1. The van der Waals surface area contributed by atoms with Crippen LogP contribution >= 0.6 is 11.6 Å². The van der Waals surface area contributed by atoms with Crippen molar-refractivity contribution < 1.29 is 13.2 Å². The first-order chi connectivity index (χ1) is 12.9. The van der Waals surface area contributed by atoms with Gasteiger partial charge in [0.15, 0.2) is 0 Å². The molecule has 8 heteroatoms. The number of amides is 1. The van der Waals surface area contributed by atoms with E-state index in [2.05, 4.69) is 15.0 Å². The van der Waals surface area contributed by atoms with Crippen molar-refractivity contribution in [1.29, 1.82) is 0 Å². The van der Waals surface area contributed by atoms with Crippen molar-refractivity contribution in [3.8, 4) is 0 Å². The Balaban J connectivity index is 1.64. The molecule has 0 spiro atoms. The molecule has 0 aliphatic rings. The molecule has 1 aromatic heterocycles. The number of nitrogens with one attached hydrogen (secondary N) is 2. The summed E-state index contributed by atoms with van der Waals surface area (Å²) in [6.07, 6.45) is 1.69. The van der Waals surface area contributed by atoms with E-state index in [4.69, 9.17) is 11.6 Å². The largest absolute Gasteiger partial charge is 0.326 e. The zero-order valence-electron chi connectivity index (χ0n) is 14.1. The van der Waals surface area contributed by atoms with Gasteiger partial charge < -0.3 is 5.32 Å². The summed E-state index contributed by atoms with van der Waals surface area (Å²) >= 11 is 5.82. The molecule has 1 amide bonds. The van der Waals surface area contributed by atoms with Crippen LogP contribution in [-0.4, -0.2) is 19.3 Å². The lowest BCUT2D eigenvalue weighted by Crippen LogP contribution is -2.15. The number of aromatic nitrogens is 1. The maximum Gasteiger partial charge on any atom is 0.263 e. The van der Waals surface area contributed by atoms with E-state index in [-0.39, 0.29) is 23.0 Å². The summed E-state index contributed by atoms with van der Waals surface area (Å²) < 4.78 is 27.1. The number of benzene rings is 2. The summed E-state index contributed by atoms with van der Waals surface area (Å²) in [5.74, 6) is 0.0254. The molecule has 0 bridgehead atoms. The maximum absolute atomic E-state index is 12.4. The van der Waals surface area contributed by atoms with Crippen molar-refractivity contribution in [3.63, 3.8) is 0 Å². The minimum Gasteiger partial charge on any atom is -0.326 e. The molecule has 1 heterocycles. The number of pyridine rings is 1. The Hall–Kier alpha value is -2.90. The van der Waals surface area contributed by atoms with E-state index in [0.29, 0.717) is 10.7 Å². The number of halogens is 1. The van der Waals surface area contributed by atoms with Crippen molar-refractivity contribution in [2.24, 2.45) is 0 Å². The zero-order chi connectivity index (χ0) is 19.3. The quantitative estimate of drug-likeness (QED) is 0.658. The normalized spacial score (nSPS) is 11.0. The molecule has 0 radical (unpaired) electrons. The SMILES string of the molecule is O=C(Cc1ccc(Cl)cc1)Nc1ccc(S(=O)(=O)Nc2ccccn2)cc1. The molecular weight excluding hydrogens is 386 g/mol. The fourth-order valence-corrected chi connectivity index (χ4v) is 3.46. The minimum absolute atomic E-state index is 0.0730. The van der Waals surface area contributed by atoms with Gasteiger partial charge in [-0.1, -0.05) is 29.8 Å². The first-order valence-electron chi connectivity index (χ1n) is 8.01. The van der Waals surface area contributed by atoms with Gasteiger partial charge in [0.2, 0.25) is 5.91 Å². The highest BCUT2D eigenvalue weighted by Gasteiger charge is 2.14. The minimum atomic E-state index is -3.75. The Bertz CT molecular complexity index is 1020. The molecule has 0 atom stereocenters. The second-order valence-corrected chi connectivity index (χ2v) is 7.82. The molecule has 2 N–H and O–H groups in total. The second kappa shape index (κ2) is 8.20. The molecule has 3 aromatic rings. The summed E-state index contributed by atoms with van der Waals surface area (Å²) in [5.41, 5.74) is 1.33. The summed E-state index contributed by atoms with van der Waals surface area (Å²) in [6.45, 7) is 0. The van der Waals surface area contributed by atoms with Gasteiger partial charge in [-0.25, -0.2) is 13.4 Å². The van der Waals surface area contributed by atoms with Crippen LogP contribution in [0.25, 0.3) is 0 Å². The zero-order valence-corrected chi connectivity index (χ0v) is 15.7. The second-order valence-electron chi connectivity index (χ2n) is 5.70. The van der Waals surface area contributed by atoms with E-state index < -0.39 is 10.0 Å². The third-order valence-electron chi connectivity index (χ3n) is 3.63. The number of hydrogen-bond acceptors (Lipinski definition) is 4. The fourth-order valence-electron chi connectivity index (χ4n) is 2.33. The Morgan fingerprint density at radius 2 is 1.67 bits per heavy atom. The van der Waals surface area contributed by atoms with Crippen LogP contribution in [0.1, 0.15) is 5.56 Å². The van der Waals surface area contributed by atoms with E-state index in [9.17, 15) is 13.2 Å². The lowest BCUT2D eigenvalue weighted by molar-refractivity contribution is -0.115. The van der Waals surface area contributed by atoms with Gasteiger partial charge in [-0.05, 0) is 54.1 Å². The monoisotopic (exact) mass is 401 g/mol. The highest BCUT2D eigenvalue weighted by atomic mass is 35.5. The van der Waals surface area contributed by atoms with Gasteiger partial charge in [-0.15, -0.1) is 0 Å². The van der Waals surface area contributed by atoms with Crippen LogP contribution in [0, 0.1) is 0 Å². The van der Waals surface area contributed by atoms with Gasteiger partial charge in [0.1, 0.15) is 5.82 Å². The number of anilines is 2. The van der Waals surface area contributed by atoms with E-state index >= 15 is 0 Å². The van der Waals surface area contributed by atoms with Crippen molar-refractivity contribution in [3.05, 3.63) is 83.5 Å². The Kier molecular flexibility index (Phi) is 5.73. The van der Waals surface area contributed by atoms with Gasteiger partial charge in [0.25, 0.3) is 10.0 Å².